The summed E-state index contributed by atoms with van der Waals surface area (Å²) >= 11 is 5.92. The number of nitrogens with zero attached hydrogens (tertiary/aromatic N) is 1. The van der Waals surface area contributed by atoms with Crippen molar-refractivity contribution in [2.45, 2.75) is 6.61 Å². The van der Waals surface area contributed by atoms with Gasteiger partial charge in [-0.2, -0.15) is 5.10 Å². The number of benzene rings is 4. The number of para-hydroxylation sites is 1. The molecule has 7 nitrogen and oxygen atoms in total. The van der Waals surface area contributed by atoms with Gasteiger partial charge in [-0.1, -0.05) is 48.0 Å². The third kappa shape index (κ3) is 7.19. The molecule has 4 aromatic carbocycles. The summed E-state index contributed by atoms with van der Waals surface area (Å²) in [7, 11) is 1.55. The summed E-state index contributed by atoms with van der Waals surface area (Å²) in [6.45, 7) is 0.284. The van der Waals surface area contributed by atoms with Crippen molar-refractivity contribution in [2.75, 3.05) is 7.11 Å². The number of hydrazone groups is 1. The fourth-order valence-electron chi connectivity index (χ4n) is 3.30. The number of carbonyl (C=O) groups is 2. The van der Waals surface area contributed by atoms with E-state index in [0.717, 1.165) is 5.56 Å². The molecule has 186 valence electrons. The lowest BCUT2D eigenvalue weighted by Crippen LogP contribution is -2.18. The normalized spacial score (nSPS) is 10.6. The summed E-state index contributed by atoms with van der Waals surface area (Å²) in [5.41, 5.74) is 4.79. The molecule has 0 bridgehead atoms. The van der Waals surface area contributed by atoms with E-state index >= 15 is 0 Å². The topological polar surface area (TPSA) is 86.2 Å². The Morgan fingerprint density at radius 3 is 2.41 bits per heavy atom. The third-order valence-electron chi connectivity index (χ3n) is 5.21. The van der Waals surface area contributed by atoms with Crippen molar-refractivity contribution in [3.05, 3.63) is 124 Å². The number of halogens is 1. The summed E-state index contributed by atoms with van der Waals surface area (Å²) < 4.78 is 16.4. The first-order valence-electron chi connectivity index (χ1n) is 11.3. The molecular formula is C29H23ClN2O5. The molecule has 0 aliphatic carbocycles. The smallest absolute Gasteiger partial charge is 0.343 e. The standard InChI is InChI=1S/C29H23ClN2O5/c1-35-24-15-11-22(12-16-24)29(34)37-25-6-4-5-21(17-25)18-31-32-28(33)26-7-2-3-8-27(26)36-19-20-9-13-23(30)14-10-20/h2-18H,19H2,1H3,(H,32,33). The van der Waals surface area contributed by atoms with Crippen LogP contribution >= 0.6 is 11.6 Å². The van der Waals surface area contributed by atoms with Crippen LogP contribution in [0.1, 0.15) is 31.8 Å². The number of ether oxygens (including phenoxy) is 3. The van der Waals surface area contributed by atoms with Crippen LogP contribution in [0.5, 0.6) is 17.2 Å². The lowest BCUT2D eigenvalue weighted by Gasteiger charge is -2.10. The maximum absolute atomic E-state index is 12.7. The molecule has 0 saturated heterocycles. The SMILES string of the molecule is COc1ccc(C(=O)Oc2cccc(C=NNC(=O)c3ccccc3OCc3ccc(Cl)cc3)c2)cc1. The molecule has 0 radical (unpaired) electrons. The van der Waals surface area contributed by atoms with Gasteiger partial charge < -0.3 is 14.2 Å². The monoisotopic (exact) mass is 514 g/mol. The van der Waals surface area contributed by atoms with E-state index in [1.165, 1.54) is 6.21 Å². The van der Waals surface area contributed by atoms with Gasteiger partial charge in [0.2, 0.25) is 0 Å². The third-order valence-corrected chi connectivity index (χ3v) is 5.47. The van der Waals surface area contributed by atoms with Crippen LogP contribution in [-0.2, 0) is 6.61 Å². The molecule has 4 aromatic rings. The Kier molecular flexibility index (Phi) is 8.52. The lowest BCUT2D eigenvalue weighted by molar-refractivity contribution is 0.0734. The van der Waals surface area contributed by atoms with E-state index < -0.39 is 11.9 Å². The largest absolute Gasteiger partial charge is 0.497 e. The summed E-state index contributed by atoms with van der Waals surface area (Å²) in [5, 5.41) is 4.68. The van der Waals surface area contributed by atoms with Crippen LogP contribution < -0.4 is 19.6 Å². The first kappa shape index (κ1) is 25.5. The Balaban J connectivity index is 1.36. The summed E-state index contributed by atoms with van der Waals surface area (Å²) in [4.78, 5) is 25.1. The quantitative estimate of drug-likeness (QED) is 0.130. The predicted octanol–water partition coefficient (Wildman–Crippen LogP) is 5.91. The Morgan fingerprint density at radius 1 is 0.892 bits per heavy atom. The number of nitrogens with one attached hydrogen (secondary N) is 1. The molecule has 0 aromatic heterocycles. The molecule has 0 fully saturated rings. The average molecular weight is 515 g/mol. The molecule has 1 N–H and O–H groups in total. The van der Waals surface area contributed by atoms with E-state index in [9.17, 15) is 9.59 Å². The van der Waals surface area contributed by atoms with Gasteiger partial charge in [-0.25, -0.2) is 10.2 Å². The number of methoxy groups -OCH3 is 1. The van der Waals surface area contributed by atoms with E-state index in [0.29, 0.717) is 39.0 Å². The Hall–Kier alpha value is -4.62. The van der Waals surface area contributed by atoms with Crippen LogP contribution in [0, 0.1) is 0 Å². The number of hydrogen-bond donors (Lipinski definition) is 1. The van der Waals surface area contributed by atoms with Gasteiger partial charge in [0, 0.05) is 5.02 Å². The van der Waals surface area contributed by atoms with Gasteiger partial charge in [0.1, 0.15) is 23.9 Å². The van der Waals surface area contributed by atoms with Crippen LogP contribution in [-0.4, -0.2) is 25.2 Å². The molecule has 0 aliphatic rings. The van der Waals surface area contributed by atoms with E-state index in [2.05, 4.69) is 10.5 Å². The zero-order valence-electron chi connectivity index (χ0n) is 19.9. The van der Waals surface area contributed by atoms with Gasteiger partial charge >= 0.3 is 5.97 Å². The first-order valence-corrected chi connectivity index (χ1v) is 11.7. The molecule has 0 saturated carbocycles. The number of amides is 1. The second-order valence-corrected chi connectivity index (χ2v) is 8.24. The minimum absolute atomic E-state index is 0.284. The molecular weight excluding hydrogens is 492 g/mol. The maximum atomic E-state index is 12.7. The molecule has 0 spiro atoms. The van der Waals surface area contributed by atoms with E-state index in [1.54, 1.807) is 92.0 Å². The number of hydrogen-bond acceptors (Lipinski definition) is 6. The molecule has 0 aliphatic heterocycles. The van der Waals surface area contributed by atoms with Gasteiger partial charge in [-0.05, 0) is 71.8 Å². The Morgan fingerprint density at radius 2 is 1.65 bits per heavy atom. The van der Waals surface area contributed by atoms with Gasteiger partial charge in [0.25, 0.3) is 5.91 Å². The van der Waals surface area contributed by atoms with Crippen LogP contribution in [0.2, 0.25) is 5.02 Å². The molecule has 4 rings (SSSR count). The second kappa shape index (κ2) is 12.4. The molecule has 8 heteroatoms. The van der Waals surface area contributed by atoms with Crippen LogP contribution in [0.4, 0.5) is 0 Å². The van der Waals surface area contributed by atoms with Crippen molar-refractivity contribution >= 4 is 29.7 Å². The average Bonchev–Trinajstić information content (AvgIpc) is 2.93. The summed E-state index contributed by atoms with van der Waals surface area (Å²) in [5.74, 6) is 0.493. The summed E-state index contributed by atoms with van der Waals surface area (Å²) in [6.07, 6.45) is 1.46. The highest BCUT2D eigenvalue weighted by molar-refractivity contribution is 6.30. The first-order chi connectivity index (χ1) is 18.0. The van der Waals surface area contributed by atoms with E-state index in [-0.39, 0.29) is 6.61 Å². The Labute approximate surface area is 219 Å². The van der Waals surface area contributed by atoms with Crippen LogP contribution in [0.3, 0.4) is 0 Å². The van der Waals surface area contributed by atoms with Crippen molar-refractivity contribution < 1.29 is 23.8 Å². The zero-order valence-corrected chi connectivity index (χ0v) is 20.6. The van der Waals surface area contributed by atoms with Gasteiger partial charge in [0.05, 0.1) is 24.5 Å². The lowest BCUT2D eigenvalue weighted by atomic mass is 10.2. The fourth-order valence-corrected chi connectivity index (χ4v) is 3.42. The highest BCUT2D eigenvalue weighted by atomic mass is 35.5. The predicted molar refractivity (Wildman–Crippen MR) is 142 cm³/mol. The molecule has 37 heavy (non-hydrogen) atoms. The highest BCUT2D eigenvalue weighted by Gasteiger charge is 2.12. The van der Waals surface area contributed by atoms with Gasteiger partial charge in [0.15, 0.2) is 0 Å². The van der Waals surface area contributed by atoms with Crippen molar-refractivity contribution in [3.63, 3.8) is 0 Å². The van der Waals surface area contributed by atoms with Crippen LogP contribution in [0.25, 0.3) is 0 Å². The van der Waals surface area contributed by atoms with Crippen molar-refractivity contribution in [1.82, 2.24) is 5.43 Å². The summed E-state index contributed by atoms with van der Waals surface area (Å²) in [6, 6.07) is 27.6. The molecule has 1 amide bonds. The van der Waals surface area contributed by atoms with Gasteiger partial charge in [-0.15, -0.1) is 0 Å². The van der Waals surface area contributed by atoms with Crippen molar-refractivity contribution in [2.24, 2.45) is 5.10 Å². The van der Waals surface area contributed by atoms with E-state index in [1.807, 2.05) is 12.1 Å². The number of rotatable bonds is 9. The number of esters is 1. The fraction of sp³-hybridized carbons (Fsp3) is 0.0690. The van der Waals surface area contributed by atoms with Crippen molar-refractivity contribution in [1.29, 1.82) is 0 Å². The number of carbonyl (C=O) groups excluding carboxylic acids is 2. The highest BCUT2D eigenvalue weighted by Crippen LogP contribution is 2.20. The van der Waals surface area contributed by atoms with Crippen LogP contribution in [0.15, 0.2) is 102 Å². The minimum atomic E-state index is -0.500. The van der Waals surface area contributed by atoms with Gasteiger partial charge in [-0.3, -0.25) is 4.79 Å². The van der Waals surface area contributed by atoms with Crippen molar-refractivity contribution in [3.8, 4) is 17.2 Å². The Bertz CT molecular complexity index is 1400. The molecule has 0 unspecified atom stereocenters. The maximum Gasteiger partial charge on any atom is 0.343 e. The molecule has 0 atom stereocenters. The zero-order chi connectivity index (χ0) is 26.0. The van der Waals surface area contributed by atoms with E-state index in [4.69, 9.17) is 25.8 Å². The molecule has 0 heterocycles. The minimum Gasteiger partial charge on any atom is -0.497 e. The second-order valence-electron chi connectivity index (χ2n) is 7.80.